The highest BCUT2D eigenvalue weighted by Gasteiger charge is 2.11. The second-order valence-electron chi connectivity index (χ2n) is 6.20. The summed E-state index contributed by atoms with van der Waals surface area (Å²) in [5, 5.41) is 2.88. The molecule has 6 nitrogen and oxygen atoms in total. The molecule has 1 N–H and O–H groups in total. The van der Waals surface area contributed by atoms with Crippen molar-refractivity contribution in [2.75, 3.05) is 7.11 Å². The quantitative estimate of drug-likeness (QED) is 0.714. The first-order valence-electron chi connectivity index (χ1n) is 8.61. The number of rotatable bonds is 6. The third-order valence-electron chi connectivity index (χ3n) is 3.77. The first-order chi connectivity index (χ1) is 13.1. The molecule has 0 atom stereocenters. The average molecular weight is 363 g/mol. The van der Waals surface area contributed by atoms with E-state index in [-0.39, 0.29) is 11.9 Å². The van der Waals surface area contributed by atoms with Crippen LogP contribution in [0.5, 0.6) is 17.4 Å². The lowest BCUT2D eigenvalue weighted by atomic mass is 10.1. The molecule has 1 amide bonds. The van der Waals surface area contributed by atoms with Crippen LogP contribution in [0.4, 0.5) is 0 Å². The largest absolute Gasteiger partial charge is 0.493 e. The van der Waals surface area contributed by atoms with Crippen molar-refractivity contribution in [3.05, 3.63) is 66.5 Å². The van der Waals surface area contributed by atoms with Gasteiger partial charge >= 0.3 is 0 Å². The summed E-state index contributed by atoms with van der Waals surface area (Å²) in [7, 11) is 1.58. The van der Waals surface area contributed by atoms with Crippen molar-refractivity contribution < 1.29 is 14.3 Å². The van der Waals surface area contributed by atoms with Crippen LogP contribution in [0.3, 0.4) is 0 Å². The van der Waals surface area contributed by atoms with Gasteiger partial charge in [-0.2, -0.15) is 0 Å². The van der Waals surface area contributed by atoms with Crippen LogP contribution in [-0.4, -0.2) is 29.0 Å². The molecule has 0 bridgehead atoms. The molecule has 0 spiro atoms. The smallest absolute Gasteiger partial charge is 0.251 e. The van der Waals surface area contributed by atoms with E-state index in [9.17, 15) is 4.79 Å². The third kappa shape index (κ3) is 4.61. The standard InChI is InChI=1S/C21H21N3O3/c1-14(2)24-21(25)16-8-6-7-15(11-16)17-12-20(23-13-22-17)27-19-10-5-4-9-18(19)26-3/h4-14H,1-3H3,(H,24,25). The van der Waals surface area contributed by atoms with Crippen molar-refractivity contribution in [2.24, 2.45) is 0 Å². The first kappa shape index (κ1) is 18.4. The summed E-state index contributed by atoms with van der Waals surface area (Å²) in [4.78, 5) is 20.7. The first-order valence-corrected chi connectivity index (χ1v) is 8.61. The molecule has 0 aliphatic carbocycles. The normalized spacial score (nSPS) is 10.5. The Labute approximate surface area is 158 Å². The van der Waals surface area contributed by atoms with Crippen LogP contribution >= 0.6 is 0 Å². The fourth-order valence-corrected chi connectivity index (χ4v) is 2.53. The van der Waals surface area contributed by atoms with Crippen LogP contribution in [0.15, 0.2) is 60.9 Å². The Hall–Kier alpha value is -3.41. The van der Waals surface area contributed by atoms with Gasteiger partial charge in [0, 0.05) is 23.2 Å². The lowest BCUT2D eigenvalue weighted by Gasteiger charge is -2.11. The second kappa shape index (κ2) is 8.31. The van der Waals surface area contributed by atoms with Gasteiger partial charge < -0.3 is 14.8 Å². The average Bonchev–Trinajstić information content (AvgIpc) is 2.68. The van der Waals surface area contributed by atoms with E-state index >= 15 is 0 Å². The third-order valence-corrected chi connectivity index (χ3v) is 3.77. The van der Waals surface area contributed by atoms with Gasteiger partial charge in [0.05, 0.1) is 12.8 Å². The molecule has 0 unspecified atom stereocenters. The zero-order valence-corrected chi connectivity index (χ0v) is 15.5. The predicted octanol–water partition coefficient (Wildman–Crippen LogP) is 4.08. The fraction of sp³-hybridized carbons (Fsp3) is 0.190. The van der Waals surface area contributed by atoms with Gasteiger partial charge in [-0.25, -0.2) is 9.97 Å². The van der Waals surface area contributed by atoms with Crippen molar-refractivity contribution in [3.8, 4) is 28.6 Å². The Kier molecular flexibility index (Phi) is 5.66. The number of ether oxygens (including phenoxy) is 2. The molecule has 0 fully saturated rings. The van der Waals surface area contributed by atoms with Gasteiger partial charge in [0.1, 0.15) is 6.33 Å². The summed E-state index contributed by atoms with van der Waals surface area (Å²) in [6.45, 7) is 3.85. The lowest BCUT2D eigenvalue weighted by molar-refractivity contribution is 0.0943. The molecule has 3 aromatic rings. The van der Waals surface area contributed by atoms with E-state index in [0.717, 1.165) is 5.56 Å². The SMILES string of the molecule is COc1ccccc1Oc1cc(-c2cccc(C(=O)NC(C)C)c2)ncn1. The number of hydrogen-bond donors (Lipinski definition) is 1. The zero-order valence-electron chi connectivity index (χ0n) is 15.5. The summed E-state index contributed by atoms with van der Waals surface area (Å²) in [6, 6.07) is 16.4. The summed E-state index contributed by atoms with van der Waals surface area (Å²) < 4.78 is 11.1. The number of nitrogens with zero attached hydrogens (tertiary/aromatic N) is 2. The highest BCUT2D eigenvalue weighted by molar-refractivity contribution is 5.95. The predicted molar refractivity (Wildman–Crippen MR) is 103 cm³/mol. The molecule has 3 rings (SSSR count). The molecule has 0 saturated heterocycles. The minimum Gasteiger partial charge on any atom is -0.493 e. The van der Waals surface area contributed by atoms with Gasteiger partial charge in [0.25, 0.3) is 5.91 Å². The molecule has 1 aromatic heterocycles. The van der Waals surface area contributed by atoms with E-state index in [1.54, 1.807) is 31.4 Å². The van der Waals surface area contributed by atoms with Gasteiger partial charge in [-0.05, 0) is 38.1 Å². The van der Waals surface area contributed by atoms with Crippen LogP contribution in [-0.2, 0) is 0 Å². The van der Waals surface area contributed by atoms with Crippen molar-refractivity contribution >= 4 is 5.91 Å². The number of benzene rings is 2. The Morgan fingerprint density at radius 1 is 1.00 bits per heavy atom. The van der Waals surface area contributed by atoms with E-state index < -0.39 is 0 Å². The van der Waals surface area contributed by atoms with Gasteiger partial charge in [0.2, 0.25) is 5.88 Å². The maximum atomic E-state index is 12.2. The highest BCUT2D eigenvalue weighted by atomic mass is 16.5. The van der Waals surface area contributed by atoms with Crippen LogP contribution in [0, 0.1) is 0 Å². The maximum Gasteiger partial charge on any atom is 0.251 e. The van der Waals surface area contributed by atoms with Crippen molar-refractivity contribution in [2.45, 2.75) is 19.9 Å². The molecule has 2 aromatic carbocycles. The van der Waals surface area contributed by atoms with E-state index in [2.05, 4.69) is 15.3 Å². The number of carbonyl (C=O) groups is 1. The number of amides is 1. The van der Waals surface area contributed by atoms with Gasteiger partial charge in [-0.3, -0.25) is 4.79 Å². The molecule has 0 aliphatic rings. The molecule has 27 heavy (non-hydrogen) atoms. The molecule has 0 saturated carbocycles. The topological polar surface area (TPSA) is 73.3 Å². The number of para-hydroxylation sites is 2. The molecule has 0 radical (unpaired) electrons. The van der Waals surface area contributed by atoms with Gasteiger partial charge in [0.15, 0.2) is 11.5 Å². The summed E-state index contributed by atoms with van der Waals surface area (Å²) >= 11 is 0. The Morgan fingerprint density at radius 3 is 2.52 bits per heavy atom. The van der Waals surface area contributed by atoms with Crippen LogP contribution < -0.4 is 14.8 Å². The Morgan fingerprint density at radius 2 is 1.78 bits per heavy atom. The van der Waals surface area contributed by atoms with Crippen molar-refractivity contribution in [3.63, 3.8) is 0 Å². The van der Waals surface area contributed by atoms with E-state index in [1.165, 1.54) is 6.33 Å². The number of aromatic nitrogens is 2. The monoisotopic (exact) mass is 363 g/mol. The molecule has 0 aliphatic heterocycles. The maximum absolute atomic E-state index is 12.2. The second-order valence-corrected chi connectivity index (χ2v) is 6.20. The molecule has 6 heteroatoms. The number of carbonyl (C=O) groups excluding carboxylic acids is 1. The van der Waals surface area contributed by atoms with Crippen LogP contribution in [0.1, 0.15) is 24.2 Å². The zero-order chi connectivity index (χ0) is 19.2. The number of methoxy groups -OCH3 is 1. The summed E-state index contributed by atoms with van der Waals surface area (Å²) in [5.41, 5.74) is 2.04. The highest BCUT2D eigenvalue weighted by Crippen LogP contribution is 2.31. The minimum atomic E-state index is -0.119. The molecule has 1 heterocycles. The summed E-state index contributed by atoms with van der Waals surface area (Å²) in [6.07, 6.45) is 1.43. The number of hydrogen-bond acceptors (Lipinski definition) is 5. The fourth-order valence-electron chi connectivity index (χ4n) is 2.53. The molecular formula is C21H21N3O3. The lowest BCUT2D eigenvalue weighted by Crippen LogP contribution is -2.30. The van der Waals surface area contributed by atoms with Gasteiger partial charge in [-0.1, -0.05) is 24.3 Å². The van der Waals surface area contributed by atoms with E-state index in [1.807, 2.05) is 44.2 Å². The summed E-state index contributed by atoms with van der Waals surface area (Å²) in [5.74, 6) is 1.45. The van der Waals surface area contributed by atoms with E-state index in [0.29, 0.717) is 28.6 Å². The van der Waals surface area contributed by atoms with Crippen molar-refractivity contribution in [1.29, 1.82) is 0 Å². The molecular weight excluding hydrogens is 342 g/mol. The molecule has 138 valence electrons. The van der Waals surface area contributed by atoms with Crippen LogP contribution in [0.2, 0.25) is 0 Å². The van der Waals surface area contributed by atoms with Crippen molar-refractivity contribution in [1.82, 2.24) is 15.3 Å². The van der Waals surface area contributed by atoms with E-state index in [4.69, 9.17) is 9.47 Å². The minimum absolute atomic E-state index is 0.0704. The van der Waals surface area contributed by atoms with Gasteiger partial charge in [-0.15, -0.1) is 0 Å². The Bertz CT molecular complexity index is 941. The Balaban J connectivity index is 1.86. The number of nitrogens with one attached hydrogen (secondary N) is 1. The van der Waals surface area contributed by atoms with Crippen LogP contribution in [0.25, 0.3) is 11.3 Å².